The van der Waals surface area contributed by atoms with Gasteiger partial charge in [0.2, 0.25) is 0 Å². The van der Waals surface area contributed by atoms with Gasteiger partial charge in [0.05, 0.1) is 17.2 Å². The van der Waals surface area contributed by atoms with E-state index in [1.807, 2.05) is 18.2 Å². The fourth-order valence-electron chi connectivity index (χ4n) is 1.46. The first kappa shape index (κ1) is 7.98. The van der Waals surface area contributed by atoms with Crippen LogP contribution < -0.4 is 5.73 Å². The van der Waals surface area contributed by atoms with Crippen molar-refractivity contribution in [3.8, 4) is 11.5 Å². The molecule has 74 valence electrons. The molecule has 2 heterocycles. The van der Waals surface area contributed by atoms with Crippen molar-refractivity contribution in [2.24, 2.45) is 0 Å². The van der Waals surface area contributed by atoms with E-state index in [0.29, 0.717) is 17.2 Å². The van der Waals surface area contributed by atoms with Crippen LogP contribution in [-0.4, -0.2) is 25.4 Å². The predicted molar refractivity (Wildman–Crippen MR) is 55.9 cm³/mol. The summed E-state index contributed by atoms with van der Waals surface area (Å²) in [5, 5.41) is 10.2. The van der Waals surface area contributed by atoms with E-state index in [1.165, 1.54) is 0 Å². The molecule has 3 aromatic rings. The van der Waals surface area contributed by atoms with Crippen LogP contribution in [0.3, 0.4) is 0 Å². The smallest absolute Gasteiger partial charge is 0.160 e. The average molecular weight is 200 g/mol. The number of rotatable bonds is 1. The first-order chi connectivity index (χ1) is 7.33. The second kappa shape index (κ2) is 2.81. The Bertz CT molecular complexity index is 594. The summed E-state index contributed by atoms with van der Waals surface area (Å²) < 4.78 is 0. The maximum Gasteiger partial charge on any atom is 0.160 e. The highest BCUT2D eigenvalue weighted by atomic mass is 15.3. The Morgan fingerprint density at radius 2 is 2.20 bits per heavy atom. The van der Waals surface area contributed by atoms with Gasteiger partial charge in [0, 0.05) is 5.69 Å². The maximum absolute atomic E-state index is 5.67. The highest BCUT2D eigenvalue weighted by Crippen LogP contribution is 2.19. The Kier molecular flexibility index (Phi) is 1.49. The fourth-order valence-corrected chi connectivity index (χ4v) is 1.46. The number of imidazole rings is 1. The van der Waals surface area contributed by atoms with Crippen LogP contribution in [0.5, 0.6) is 0 Å². The summed E-state index contributed by atoms with van der Waals surface area (Å²) >= 11 is 0. The van der Waals surface area contributed by atoms with Gasteiger partial charge in [-0.1, -0.05) is 0 Å². The topological polar surface area (TPSA) is 96.3 Å². The zero-order chi connectivity index (χ0) is 10.3. The van der Waals surface area contributed by atoms with Gasteiger partial charge in [0.1, 0.15) is 5.69 Å². The van der Waals surface area contributed by atoms with E-state index in [4.69, 9.17) is 5.73 Å². The lowest BCUT2D eigenvalue weighted by Gasteiger charge is -1.89. The molecule has 0 aliphatic rings. The Hall–Kier alpha value is -2.37. The van der Waals surface area contributed by atoms with Gasteiger partial charge < -0.3 is 10.7 Å². The normalized spacial score (nSPS) is 10.9. The number of aromatic nitrogens is 5. The van der Waals surface area contributed by atoms with Gasteiger partial charge in [-0.3, -0.25) is 0 Å². The van der Waals surface area contributed by atoms with Gasteiger partial charge in [0.15, 0.2) is 5.82 Å². The summed E-state index contributed by atoms with van der Waals surface area (Å²) in [4.78, 5) is 7.49. The van der Waals surface area contributed by atoms with Crippen molar-refractivity contribution >= 4 is 16.7 Å². The second-order valence-electron chi connectivity index (χ2n) is 3.22. The molecule has 3 rings (SSSR count). The van der Waals surface area contributed by atoms with Crippen molar-refractivity contribution in [2.45, 2.75) is 0 Å². The van der Waals surface area contributed by atoms with Crippen molar-refractivity contribution < 1.29 is 0 Å². The fraction of sp³-hybridized carbons (Fsp3) is 0. The van der Waals surface area contributed by atoms with Gasteiger partial charge >= 0.3 is 0 Å². The van der Waals surface area contributed by atoms with E-state index in [-0.39, 0.29) is 0 Å². The van der Waals surface area contributed by atoms with E-state index in [9.17, 15) is 0 Å². The molecule has 6 heteroatoms. The van der Waals surface area contributed by atoms with E-state index in [2.05, 4.69) is 25.4 Å². The number of nitrogen functional groups attached to an aromatic ring is 1. The molecule has 0 fully saturated rings. The molecule has 0 saturated heterocycles. The van der Waals surface area contributed by atoms with Gasteiger partial charge in [-0.25, -0.2) is 4.98 Å². The highest BCUT2D eigenvalue weighted by Gasteiger charge is 2.06. The van der Waals surface area contributed by atoms with E-state index in [0.717, 1.165) is 11.0 Å². The first-order valence-corrected chi connectivity index (χ1v) is 4.44. The lowest BCUT2D eigenvalue weighted by Crippen LogP contribution is -1.82. The van der Waals surface area contributed by atoms with Crippen molar-refractivity contribution in [3.63, 3.8) is 0 Å². The number of nitrogens with two attached hydrogens (primary N) is 1. The first-order valence-electron chi connectivity index (χ1n) is 4.44. The molecule has 6 nitrogen and oxygen atoms in total. The predicted octanol–water partition coefficient (Wildman–Crippen LogP) is 0.930. The Balaban J connectivity index is 2.22. The number of aromatic amines is 2. The summed E-state index contributed by atoms with van der Waals surface area (Å²) in [6, 6.07) is 5.52. The van der Waals surface area contributed by atoms with Crippen molar-refractivity contribution in [1.82, 2.24) is 25.4 Å². The zero-order valence-corrected chi connectivity index (χ0v) is 7.73. The van der Waals surface area contributed by atoms with Crippen molar-refractivity contribution in [2.75, 3.05) is 5.73 Å². The molecule has 4 N–H and O–H groups in total. The van der Waals surface area contributed by atoms with Gasteiger partial charge in [-0.15, -0.1) is 0 Å². The molecule has 2 aromatic heterocycles. The number of nitrogens with zero attached hydrogens (tertiary/aromatic N) is 3. The van der Waals surface area contributed by atoms with Crippen LogP contribution in [-0.2, 0) is 0 Å². The summed E-state index contributed by atoms with van der Waals surface area (Å²) in [5.41, 5.74) is 8.82. The molecular weight excluding hydrogens is 192 g/mol. The Morgan fingerprint density at radius 1 is 1.27 bits per heavy atom. The molecule has 0 amide bonds. The number of anilines is 1. The number of hydrogen-bond donors (Lipinski definition) is 3. The molecule has 15 heavy (non-hydrogen) atoms. The lowest BCUT2D eigenvalue weighted by atomic mass is 10.3. The third kappa shape index (κ3) is 1.23. The van der Waals surface area contributed by atoms with Gasteiger partial charge in [0.25, 0.3) is 0 Å². The molecular formula is C9H8N6. The molecule has 0 aliphatic heterocycles. The molecule has 0 unspecified atom stereocenters. The number of H-pyrrole nitrogens is 2. The van der Waals surface area contributed by atoms with Crippen LogP contribution in [0.2, 0.25) is 0 Å². The van der Waals surface area contributed by atoms with E-state index >= 15 is 0 Å². The zero-order valence-electron chi connectivity index (χ0n) is 7.73. The number of fused-ring (bicyclic) bond motifs is 1. The maximum atomic E-state index is 5.67. The van der Waals surface area contributed by atoms with Gasteiger partial charge in [-0.05, 0) is 18.2 Å². The third-order valence-corrected chi connectivity index (χ3v) is 2.16. The number of nitrogens with one attached hydrogen (secondary N) is 2. The molecule has 0 atom stereocenters. The summed E-state index contributed by atoms with van der Waals surface area (Å²) in [7, 11) is 0. The molecule has 0 radical (unpaired) electrons. The standard InChI is InChI=1S/C9H8N6/c10-5-1-2-6-7(3-5)13-9(12-6)8-4-11-15-14-8/h1-4H,10H2,(H,12,13)(H,11,14,15). The third-order valence-electron chi connectivity index (χ3n) is 2.16. The average Bonchev–Trinajstić information content (AvgIpc) is 2.84. The Morgan fingerprint density at radius 3 is 3.00 bits per heavy atom. The van der Waals surface area contributed by atoms with Crippen LogP contribution in [0.25, 0.3) is 22.6 Å². The van der Waals surface area contributed by atoms with E-state index in [1.54, 1.807) is 6.20 Å². The number of hydrogen-bond acceptors (Lipinski definition) is 4. The van der Waals surface area contributed by atoms with Gasteiger partial charge in [-0.2, -0.15) is 15.4 Å². The molecule has 0 aliphatic carbocycles. The molecule has 0 bridgehead atoms. The molecule has 0 saturated carbocycles. The highest BCUT2D eigenvalue weighted by molar-refractivity contribution is 5.81. The van der Waals surface area contributed by atoms with Crippen LogP contribution in [0.4, 0.5) is 5.69 Å². The number of benzene rings is 1. The van der Waals surface area contributed by atoms with E-state index < -0.39 is 0 Å². The monoisotopic (exact) mass is 200 g/mol. The minimum absolute atomic E-state index is 0.685. The van der Waals surface area contributed by atoms with Crippen LogP contribution in [0.1, 0.15) is 0 Å². The van der Waals surface area contributed by atoms with Crippen molar-refractivity contribution in [3.05, 3.63) is 24.4 Å². The quantitative estimate of drug-likeness (QED) is 0.509. The largest absolute Gasteiger partial charge is 0.399 e. The Labute approximate surface area is 84.5 Å². The minimum Gasteiger partial charge on any atom is -0.399 e. The van der Waals surface area contributed by atoms with Crippen LogP contribution >= 0.6 is 0 Å². The van der Waals surface area contributed by atoms with Crippen molar-refractivity contribution in [1.29, 1.82) is 0 Å². The minimum atomic E-state index is 0.685. The van der Waals surface area contributed by atoms with Crippen LogP contribution in [0, 0.1) is 0 Å². The summed E-state index contributed by atoms with van der Waals surface area (Å²) in [6.45, 7) is 0. The summed E-state index contributed by atoms with van der Waals surface area (Å²) in [6.07, 6.45) is 1.61. The lowest BCUT2D eigenvalue weighted by molar-refractivity contribution is 0.940. The molecule has 1 aromatic carbocycles. The van der Waals surface area contributed by atoms with Crippen LogP contribution in [0.15, 0.2) is 24.4 Å². The SMILES string of the molecule is Nc1ccc2nc(-c3cn[nH]n3)[nH]c2c1. The molecule has 0 spiro atoms. The summed E-state index contributed by atoms with van der Waals surface area (Å²) in [5.74, 6) is 0.685. The second-order valence-corrected chi connectivity index (χ2v) is 3.22.